The number of β-amino-alcohol motifs (C(OH)–C–C–N with tert-alkyl or cyclic N) is 2. The van der Waals surface area contributed by atoms with Crippen LogP contribution in [0.5, 0.6) is 0 Å². The largest absolute Gasteiger partial charge is 0.461 e. The smallest absolute Gasteiger partial charge is 0.268 e. The van der Waals surface area contributed by atoms with Gasteiger partial charge >= 0.3 is 0 Å². The second-order valence-electron chi connectivity index (χ2n) is 7.10. The maximum absolute atomic E-state index is 13.0. The van der Waals surface area contributed by atoms with Gasteiger partial charge in [-0.2, -0.15) is 0 Å². The molecule has 1 aromatic carbocycles. The zero-order valence-electron chi connectivity index (χ0n) is 15.3. The minimum absolute atomic E-state index is 0.0313. The number of amides is 2. The highest BCUT2D eigenvalue weighted by Gasteiger charge is 2.36. The molecule has 4 rings (SSSR count). The number of likely N-dealkylation sites (tertiary alicyclic amines) is 1. The third-order valence-electron chi connectivity index (χ3n) is 5.01. The Morgan fingerprint density at radius 2 is 1.93 bits per heavy atom. The van der Waals surface area contributed by atoms with E-state index in [1.165, 1.54) is 11.2 Å². The molecule has 3 atom stereocenters. The van der Waals surface area contributed by atoms with Crippen LogP contribution in [0, 0.1) is 0 Å². The number of carbonyl (C=O) groups is 2. The van der Waals surface area contributed by atoms with Crippen LogP contribution in [0.2, 0.25) is 0 Å². The van der Waals surface area contributed by atoms with Crippen LogP contribution in [-0.4, -0.2) is 63.3 Å². The first-order chi connectivity index (χ1) is 13.9. The van der Waals surface area contributed by atoms with Crippen LogP contribution >= 0.6 is 15.9 Å². The molecule has 2 amide bonds. The molecule has 1 saturated heterocycles. The predicted octanol–water partition coefficient (Wildman–Crippen LogP) is 1.43. The third-order valence-corrected chi connectivity index (χ3v) is 5.59. The van der Waals surface area contributed by atoms with Crippen molar-refractivity contribution in [3.63, 3.8) is 0 Å². The molecule has 1 aliphatic rings. The number of aromatic nitrogens is 1. The lowest BCUT2D eigenvalue weighted by Gasteiger charge is -2.24. The number of nitrogens with zero attached hydrogens (tertiary/aromatic N) is 1. The van der Waals surface area contributed by atoms with E-state index in [0.717, 1.165) is 5.56 Å². The average Bonchev–Trinajstić information content (AvgIpc) is 3.38. The Labute approximate surface area is 174 Å². The van der Waals surface area contributed by atoms with Crippen molar-refractivity contribution in [1.82, 2.24) is 15.2 Å². The van der Waals surface area contributed by atoms with Gasteiger partial charge in [0, 0.05) is 25.6 Å². The summed E-state index contributed by atoms with van der Waals surface area (Å²) in [7, 11) is 0. The van der Waals surface area contributed by atoms with Gasteiger partial charge in [-0.15, -0.1) is 0 Å². The summed E-state index contributed by atoms with van der Waals surface area (Å²) in [6, 6.07) is 10.1. The van der Waals surface area contributed by atoms with Crippen LogP contribution in [0.25, 0.3) is 11.1 Å². The van der Waals surface area contributed by atoms with Crippen molar-refractivity contribution in [2.45, 2.75) is 24.7 Å². The average molecular weight is 462 g/mol. The normalized spacial score (nSPS) is 20.2. The van der Waals surface area contributed by atoms with E-state index in [1.54, 1.807) is 6.07 Å². The van der Waals surface area contributed by atoms with Crippen LogP contribution in [0.1, 0.15) is 16.1 Å². The molecule has 0 bridgehead atoms. The zero-order chi connectivity index (χ0) is 20.5. The van der Waals surface area contributed by atoms with Crippen molar-refractivity contribution in [3.8, 4) is 0 Å². The van der Waals surface area contributed by atoms with Gasteiger partial charge in [0.05, 0.1) is 22.2 Å². The monoisotopic (exact) mass is 461 g/mol. The molecular weight excluding hydrogens is 442 g/mol. The standard InChI is InChI=1S/C20H20BrN3O5/c21-12-10-29-17-7-13(22-18(12)17)19(27)23-14(6-11-4-2-1-3-5-11)20(28)24-8-15(25)16(26)9-24/h1-5,7,10,14-16,22,25-26H,6,8-9H2,(H,23,27)/t14-,15-,16+/m0/s1. The van der Waals surface area contributed by atoms with Crippen molar-refractivity contribution in [1.29, 1.82) is 0 Å². The van der Waals surface area contributed by atoms with Gasteiger partial charge in [-0.3, -0.25) is 9.59 Å². The van der Waals surface area contributed by atoms with Crippen LogP contribution < -0.4 is 5.32 Å². The maximum atomic E-state index is 13.0. The number of hydrogen-bond donors (Lipinski definition) is 4. The number of aromatic amines is 1. The van der Waals surface area contributed by atoms with E-state index in [0.29, 0.717) is 15.6 Å². The fourth-order valence-electron chi connectivity index (χ4n) is 3.46. The van der Waals surface area contributed by atoms with Crippen molar-refractivity contribution in [3.05, 3.63) is 58.4 Å². The van der Waals surface area contributed by atoms with Gasteiger partial charge < -0.3 is 29.8 Å². The molecule has 2 aromatic heterocycles. The SMILES string of the molecule is O=C(N[C@@H](Cc1ccccc1)C(=O)N1C[C@@H](O)[C@@H](O)C1)c1cc2occ(Br)c2[nH]1. The first-order valence-electron chi connectivity index (χ1n) is 9.18. The molecule has 1 aliphatic heterocycles. The third kappa shape index (κ3) is 4.07. The number of carbonyl (C=O) groups excluding carboxylic acids is 2. The molecule has 0 aliphatic carbocycles. The fourth-order valence-corrected chi connectivity index (χ4v) is 3.85. The van der Waals surface area contributed by atoms with E-state index in [1.807, 2.05) is 30.3 Å². The highest BCUT2D eigenvalue weighted by molar-refractivity contribution is 9.10. The zero-order valence-corrected chi connectivity index (χ0v) is 16.9. The van der Waals surface area contributed by atoms with E-state index in [9.17, 15) is 19.8 Å². The molecule has 0 spiro atoms. The molecule has 0 radical (unpaired) electrons. The summed E-state index contributed by atoms with van der Waals surface area (Å²) in [4.78, 5) is 30.2. The molecular formula is C20H20BrN3O5. The molecule has 4 N–H and O–H groups in total. The molecule has 9 heteroatoms. The number of rotatable bonds is 5. The minimum Gasteiger partial charge on any atom is -0.461 e. The summed E-state index contributed by atoms with van der Waals surface area (Å²) in [6.45, 7) is 0.0626. The van der Waals surface area contributed by atoms with Crippen molar-refractivity contribution < 1.29 is 24.2 Å². The van der Waals surface area contributed by atoms with Crippen molar-refractivity contribution in [2.75, 3.05) is 13.1 Å². The summed E-state index contributed by atoms with van der Waals surface area (Å²) in [5, 5.41) is 22.3. The second kappa shape index (κ2) is 8.02. The number of H-pyrrole nitrogens is 1. The van der Waals surface area contributed by atoms with E-state index in [-0.39, 0.29) is 31.1 Å². The number of benzene rings is 1. The summed E-state index contributed by atoms with van der Waals surface area (Å²) < 4.78 is 6.04. The number of nitrogens with one attached hydrogen (secondary N) is 2. The Bertz CT molecular complexity index is 1020. The van der Waals surface area contributed by atoms with Gasteiger partial charge in [-0.25, -0.2) is 0 Å². The minimum atomic E-state index is -0.986. The first kappa shape index (κ1) is 19.7. The number of hydrogen-bond acceptors (Lipinski definition) is 5. The summed E-state index contributed by atoms with van der Waals surface area (Å²) in [6.07, 6.45) is -0.164. The lowest BCUT2D eigenvalue weighted by molar-refractivity contribution is -0.132. The number of halogens is 1. The lowest BCUT2D eigenvalue weighted by atomic mass is 10.0. The van der Waals surface area contributed by atoms with E-state index in [4.69, 9.17) is 4.42 Å². The van der Waals surface area contributed by atoms with Crippen molar-refractivity contribution in [2.24, 2.45) is 0 Å². The molecule has 1 fully saturated rings. The highest BCUT2D eigenvalue weighted by atomic mass is 79.9. The molecule has 152 valence electrons. The van der Waals surface area contributed by atoms with Crippen LogP contribution in [0.3, 0.4) is 0 Å². The maximum Gasteiger partial charge on any atom is 0.268 e. The molecule has 3 aromatic rings. The molecule has 0 unspecified atom stereocenters. The molecule has 3 heterocycles. The summed E-state index contributed by atoms with van der Waals surface area (Å²) >= 11 is 3.34. The van der Waals surface area contributed by atoms with Crippen LogP contribution in [0.4, 0.5) is 0 Å². The Balaban J connectivity index is 1.55. The molecule has 8 nitrogen and oxygen atoms in total. The van der Waals surface area contributed by atoms with E-state index < -0.39 is 24.2 Å². The Morgan fingerprint density at radius 3 is 2.59 bits per heavy atom. The van der Waals surface area contributed by atoms with Gasteiger partial charge in [0.2, 0.25) is 5.91 Å². The number of aliphatic hydroxyl groups excluding tert-OH is 2. The molecule has 0 saturated carbocycles. The highest BCUT2D eigenvalue weighted by Crippen LogP contribution is 2.26. The fraction of sp³-hybridized carbons (Fsp3) is 0.300. The van der Waals surface area contributed by atoms with Crippen LogP contribution in [0.15, 0.2) is 51.6 Å². The molecule has 29 heavy (non-hydrogen) atoms. The Morgan fingerprint density at radius 1 is 1.24 bits per heavy atom. The number of fused-ring (bicyclic) bond motifs is 1. The van der Waals surface area contributed by atoms with E-state index in [2.05, 4.69) is 26.2 Å². The van der Waals surface area contributed by atoms with Gasteiger partial charge in [-0.05, 0) is 21.5 Å². The Kier molecular flexibility index (Phi) is 5.44. The van der Waals surface area contributed by atoms with E-state index >= 15 is 0 Å². The Hall–Kier alpha value is -2.62. The summed E-state index contributed by atoms with van der Waals surface area (Å²) in [5.41, 5.74) is 2.34. The second-order valence-corrected chi connectivity index (χ2v) is 7.95. The number of furan rings is 1. The van der Waals surface area contributed by atoms with Gasteiger partial charge in [0.15, 0.2) is 5.58 Å². The quantitative estimate of drug-likeness (QED) is 0.458. The van der Waals surface area contributed by atoms with Gasteiger partial charge in [0.25, 0.3) is 5.91 Å². The van der Waals surface area contributed by atoms with Crippen molar-refractivity contribution >= 4 is 38.8 Å². The first-order valence-corrected chi connectivity index (χ1v) is 9.97. The van der Waals surface area contributed by atoms with Crippen LogP contribution in [-0.2, 0) is 11.2 Å². The topological polar surface area (TPSA) is 119 Å². The van der Waals surface area contributed by atoms with Gasteiger partial charge in [-0.1, -0.05) is 30.3 Å². The van der Waals surface area contributed by atoms with Gasteiger partial charge in [0.1, 0.15) is 18.0 Å². The predicted molar refractivity (Wildman–Crippen MR) is 108 cm³/mol. The summed E-state index contributed by atoms with van der Waals surface area (Å²) in [5.74, 6) is -0.799. The lowest BCUT2D eigenvalue weighted by Crippen LogP contribution is -2.49. The number of aliphatic hydroxyl groups is 2.